The third-order valence-corrected chi connectivity index (χ3v) is 14.8. The fourth-order valence-electron chi connectivity index (χ4n) is 11.4. The first kappa shape index (κ1) is 46.4. The molecule has 0 N–H and O–H groups in total. The van der Waals surface area contributed by atoms with Gasteiger partial charge in [0.25, 0.3) is 0 Å². The van der Waals surface area contributed by atoms with Crippen LogP contribution in [-0.4, -0.2) is 91.5 Å². The summed E-state index contributed by atoms with van der Waals surface area (Å²) in [6.07, 6.45) is 23.5. The van der Waals surface area contributed by atoms with Crippen LogP contribution in [0.5, 0.6) is 0 Å². The SMILES string of the molecule is CC(N(CCCCCCN(C1CC(C)(C)N(OC2CCCCC2)C(C)(C)C1)C(C)C(C)(C)C)C1CC(C)(C)N(OC2CCCCC2)C(C)(C)C1)C(C)(C)C. The highest BCUT2D eigenvalue weighted by Crippen LogP contribution is 2.45. The average Bonchev–Trinajstić information content (AvgIpc) is 3.04. The van der Waals surface area contributed by atoms with Crippen molar-refractivity contribution in [3.8, 4) is 0 Å². The van der Waals surface area contributed by atoms with Crippen LogP contribution in [0.2, 0.25) is 0 Å². The Hall–Kier alpha value is -0.240. The molecule has 2 atom stereocenters. The van der Waals surface area contributed by atoms with Gasteiger partial charge in [-0.25, -0.2) is 0 Å². The number of piperidine rings is 2. The van der Waals surface area contributed by atoms with Gasteiger partial charge in [0.15, 0.2) is 0 Å². The Bertz CT molecular complexity index is 999. The molecule has 6 heteroatoms. The van der Waals surface area contributed by atoms with Gasteiger partial charge in [0, 0.05) is 46.3 Å². The number of unbranched alkanes of at least 4 members (excludes halogenated alkanes) is 3. The molecule has 4 rings (SSSR count). The molecule has 4 fully saturated rings. The van der Waals surface area contributed by atoms with Crippen LogP contribution in [-0.2, 0) is 9.68 Å². The summed E-state index contributed by atoms with van der Waals surface area (Å²) in [7, 11) is 0. The van der Waals surface area contributed by atoms with Crippen molar-refractivity contribution in [2.75, 3.05) is 13.1 Å². The van der Waals surface area contributed by atoms with Crippen molar-refractivity contribution in [3.05, 3.63) is 0 Å². The maximum Gasteiger partial charge on any atom is 0.0793 e. The molecule has 2 aliphatic carbocycles. The molecule has 0 bridgehead atoms. The molecule has 318 valence electrons. The van der Waals surface area contributed by atoms with Crippen LogP contribution in [0.3, 0.4) is 0 Å². The topological polar surface area (TPSA) is 31.4 Å². The van der Waals surface area contributed by atoms with E-state index >= 15 is 0 Å². The van der Waals surface area contributed by atoms with E-state index in [0.717, 1.165) is 0 Å². The molecule has 0 radical (unpaired) electrons. The minimum atomic E-state index is 0.00814. The predicted octanol–water partition coefficient (Wildman–Crippen LogP) is 12.6. The summed E-state index contributed by atoms with van der Waals surface area (Å²) in [4.78, 5) is 19.7. The van der Waals surface area contributed by atoms with Crippen LogP contribution in [0, 0.1) is 10.8 Å². The zero-order chi connectivity index (χ0) is 40.3. The second kappa shape index (κ2) is 18.4. The Balaban J connectivity index is 1.37. The molecular weight excluding hydrogens is 665 g/mol. The van der Waals surface area contributed by atoms with Crippen molar-refractivity contribution >= 4 is 0 Å². The molecule has 2 heterocycles. The van der Waals surface area contributed by atoms with Gasteiger partial charge < -0.3 is 0 Å². The highest BCUT2D eigenvalue weighted by Gasteiger charge is 2.51. The summed E-state index contributed by atoms with van der Waals surface area (Å²) in [5.41, 5.74) is 0.517. The third-order valence-electron chi connectivity index (χ3n) is 14.8. The van der Waals surface area contributed by atoms with Crippen LogP contribution in [0.15, 0.2) is 0 Å². The summed E-state index contributed by atoms with van der Waals surface area (Å²) in [6.45, 7) is 41.7. The monoisotopic (exact) mass is 759 g/mol. The number of hydrogen-bond acceptors (Lipinski definition) is 6. The highest BCUT2D eigenvalue weighted by molar-refractivity contribution is 5.03. The minimum absolute atomic E-state index is 0.00814. The van der Waals surface area contributed by atoms with Crippen molar-refractivity contribution in [3.63, 3.8) is 0 Å². The first-order valence-electron chi connectivity index (χ1n) is 23.3. The predicted molar refractivity (Wildman–Crippen MR) is 232 cm³/mol. The van der Waals surface area contributed by atoms with E-state index in [1.54, 1.807) is 0 Å². The second-order valence-corrected chi connectivity index (χ2v) is 23.7. The van der Waals surface area contributed by atoms with Crippen molar-refractivity contribution in [1.82, 2.24) is 19.9 Å². The van der Waals surface area contributed by atoms with Gasteiger partial charge in [-0.2, -0.15) is 10.1 Å². The molecule has 2 aliphatic heterocycles. The summed E-state index contributed by atoms with van der Waals surface area (Å²) < 4.78 is 0. The molecule has 2 saturated heterocycles. The van der Waals surface area contributed by atoms with Crippen molar-refractivity contribution in [1.29, 1.82) is 0 Å². The number of hydrogen-bond donors (Lipinski definition) is 0. The van der Waals surface area contributed by atoms with Gasteiger partial charge in [-0.3, -0.25) is 19.5 Å². The molecule has 0 aromatic rings. The van der Waals surface area contributed by atoms with Gasteiger partial charge >= 0.3 is 0 Å². The molecule has 54 heavy (non-hydrogen) atoms. The van der Waals surface area contributed by atoms with Gasteiger partial charge in [0.05, 0.1) is 12.2 Å². The van der Waals surface area contributed by atoms with Crippen LogP contribution in [0.1, 0.15) is 226 Å². The molecular formula is C48H94N4O2. The van der Waals surface area contributed by atoms with Gasteiger partial charge in [-0.05, 0) is 157 Å². The lowest BCUT2D eigenvalue weighted by Crippen LogP contribution is -2.66. The quantitative estimate of drug-likeness (QED) is 0.155. The van der Waals surface area contributed by atoms with Crippen LogP contribution < -0.4 is 0 Å². The first-order chi connectivity index (χ1) is 24.8. The van der Waals surface area contributed by atoms with E-state index in [9.17, 15) is 0 Å². The number of nitrogens with zero attached hydrogens (tertiary/aromatic N) is 4. The Morgan fingerprint density at radius 1 is 0.481 bits per heavy atom. The van der Waals surface area contributed by atoms with E-state index in [1.807, 2.05) is 0 Å². The molecule has 0 aromatic heterocycles. The Kier molecular flexibility index (Phi) is 15.8. The molecule has 2 saturated carbocycles. The second-order valence-electron chi connectivity index (χ2n) is 23.7. The lowest BCUT2D eigenvalue weighted by atomic mass is 9.76. The van der Waals surface area contributed by atoms with Crippen molar-refractivity contribution in [2.24, 2.45) is 10.8 Å². The first-order valence-corrected chi connectivity index (χ1v) is 23.3. The summed E-state index contributed by atoms with van der Waals surface area (Å²) >= 11 is 0. The molecule has 0 spiro atoms. The third kappa shape index (κ3) is 12.2. The lowest BCUT2D eigenvalue weighted by molar-refractivity contribution is -0.315. The Morgan fingerprint density at radius 2 is 0.759 bits per heavy atom. The molecule has 6 nitrogen and oxygen atoms in total. The van der Waals surface area contributed by atoms with E-state index in [1.165, 1.54) is 129 Å². The maximum absolute atomic E-state index is 6.91. The normalized spacial score (nSPS) is 26.8. The average molecular weight is 759 g/mol. The van der Waals surface area contributed by atoms with E-state index in [0.29, 0.717) is 36.4 Å². The van der Waals surface area contributed by atoms with E-state index in [4.69, 9.17) is 9.68 Å². The van der Waals surface area contributed by atoms with E-state index < -0.39 is 0 Å². The zero-order valence-corrected chi connectivity index (χ0v) is 39.2. The lowest BCUT2D eigenvalue weighted by Gasteiger charge is -2.58. The molecule has 0 aromatic carbocycles. The zero-order valence-electron chi connectivity index (χ0n) is 39.2. The van der Waals surface area contributed by atoms with Gasteiger partial charge in [0.2, 0.25) is 0 Å². The van der Waals surface area contributed by atoms with Crippen molar-refractivity contribution < 1.29 is 9.68 Å². The smallest absolute Gasteiger partial charge is 0.0793 e. The summed E-state index contributed by atoms with van der Waals surface area (Å²) in [5.74, 6) is 0. The van der Waals surface area contributed by atoms with Gasteiger partial charge in [0.1, 0.15) is 0 Å². The van der Waals surface area contributed by atoms with Gasteiger partial charge in [-0.1, -0.05) is 92.9 Å². The molecule has 2 unspecified atom stereocenters. The number of hydroxylamine groups is 4. The maximum atomic E-state index is 6.91. The standard InChI is InChI=1S/C48H94N4O2/c1-37(43(3,4)5)49(39-33-45(9,10)51(46(11,12)34-39)53-41-27-21-19-22-28-41)31-25-17-18-26-32-50(38(2)44(6,7)8)40-35-47(13,14)52(48(15,16)36-40)54-42-29-23-20-24-30-42/h37-42H,17-36H2,1-16H3. The van der Waals surface area contributed by atoms with E-state index in [2.05, 4.69) is 131 Å². The molecule has 0 amide bonds. The summed E-state index contributed by atoms with van der Waals surface area (Å²) in [5, 5.41) is 4.90. The summed E-state index contributed by atoms with van der Waals surface area (Å²) in [6, 6.07) is 2.20. The Morgan fingerprint density at radius 3 is 1.02 bits per heavy atom. The largest absolute Gasteiger partial charge is 0.297 e. The van der Waals surface area contributed by atoms with Gasteiger partial charge in [-0.15, -0.1) is 0 Å². The van der Waals surface area contributed by atoms with Crippen LogP contribution >= 0.6 is 0 Å². The van der Waals surface area contributed by atoms with Crippen LogP contribution in [0.4, 0.5) is 0 Å². The molecule has 4 aliphatic rings. The van der Waals surface area contributed by atoms with E-state index in [-0.39, 0.29) is 33.0 Å². The fraction of sp³-hybridized carbons (Fsp3) is 1.00. The number of rotatable bonds is 15. The van der Waals surface area contributed by atoms with Crippen molar-refractivity contribution in [2.45, 2.75) is 285 Å². The Labute approximate surface area is 337 Å². The fourth-order valence-corrected chi connectivity index (χ4v) is 11.4. The minimum Gasteiger partial charge on any atom is -0.297 e. The highest BCUT2D eigenvalue weighted by atomic mass is 16.7. The van der Waals surface area contributed by atoms with Crippen LogP contribution in [0.25, 0.3) is 0 Å².